The van der Waals surface area contributed by atoms with Gasteiger partial charge in [-0.2, -0.15) is 0 Å². The molecule has 1 unspecified atom stereocenters. The lowest BCUT2D eigenvalue weighted by Gasteiger charge is -2.43. The Kier molecular flexibility index (Phi) is 5.34. The molecule has 2 aromatic rings. The first kappa shape index (κ1) is 19.9. The maximum atomic E-state index is 13.6. The van der Waals surface area contributed by atoms with Gasteiger partial charge >= 0.3 is 6.03 Å². The van der Waals surface area contributed by atoms with E-state index >= 15 is 0 Å². The number of urea groups is 1. The van der Waals surface area contributed by atoms with Crippen LogP contribution < -0.4 is 0 Å². The summed E-state index contributed by atoms with van der Waals surface area (Å²) in [4.78, 5) is 32.6. The monoisotopic (exact) mass is 393 g/mol. The number of rotatable bonds is 5. The van der Waals surface area contributed by atoms with Crippen molar-refractivity contribution in [3.05, 3.63) is 48.0 Å². The standard InChI is InChI=1S/C24H31N3O2/c1-4-18(3)25-15-13-24(14-16-25)22(28)26(23(29)27(24)5-2)17-20-11-8-10-19-9-6-7-12-21(19)20/h6-12,18H,4-5,13-17H2,1-3H3. The molecule has 2 aliphatic rings. The van der Waals surface area contributed by atoms with Crippen molar-refractivity contribution in [3.8, 4) is 0 Å². The molecule has 2 heterocycles. The Bertz CT molecular complexity index is 912. The third kappa shape index (κ3) is 3.21. The van der Waals surface area contributed by atoms with Crippen LogP contribution in [0.4, 0.5) is 4.79 Å². The van der Waals surface area contributed by atoms with Gasteiger partial charge in [-0.05, 0) is 49.4 Å². The van der Waals surface area contributed by atoms with E-state index in [2.05, 4.69) is 36.9 Å². The molecule has 0 aliphatic carbocycles. The van der Waals surface area contributed by atoms with E-state index in [1.807, 2.05) is 36.1 Å². The van der Waals surface area contributed by atoms with Gasteiger partial charge in [-0.25, -0.2) is 4.79 Å². The third-order valence-electron chi connectivity index (χ3n) is 6.99. The number of nitrogens with zero attached hydrogens (tertiary/aromatic N) is 3. The molecule has 2 saturated heterocycles. The summed E-state index contributed by atoms with van der Waals surface area (Å²) in [6, 6.07) is 14.6. The van der Waals surface area contributed by atoms with Gasteiger partial charge in [0.2, 0.25) is 0 Å². The van der Waals surface area contributed by atoms with Crippen molar-refractivity contribution >= 4 is 22.7 Å². The Morgan fingerprint density at radius 1 is 1.00 bits per heavy atom. The lowest BCUT2D eigenvalue weighted by molar-refractivity contribution is -0.136. The number of hydrogen-bond acceptors (Lipinski definition) is 3. The quantitative estimate of drug-likeness (QED) is 0.713. The molecule has 1 atom stereocenters. The second kappa shape index (κ2) is 7.79. The van der Waals surface area contributed by atoms with E-state index in [0.717, 1.165) is 48.7 Å². The number of carbonyl (C=O) groups excluding carboxylic acids is 2. The van der Waals surface area contributed by atoms with Crippen LogP contribution in [0.15, 0.2) is 42.5 Å². The molecule has 1 spiro atoms. The van der Waals surface area contributed by atoms with Crippen molar-refractivity contribution in [2.75, 3.05) is 19.6 Å². The Morgan fingerprint density at radius 2 is 1.69 bits per heavy atom. The predicted molar refractivity (Wildman–Crippen MR) is 116 cm³/mol. The molecule has 0 aromatic heterocycles. The average molecular weight is 394 g/mol. The normalized spacial score (nSPS) is 20.8. The second-order valence-electron chi connectivity index (χ2n) is 8.38. The number of amides is 3. The highest BCUT2D eigenvalue weighted by Crippen LogP contribution is 2.38. The topological polar surface area (TPSA) is 43.9 Å². The zero-order chi connectivity index (χ0) is 20.6. The minimum Gasteiger partial charge on any atom is -0.310 e. The number of benzene rings is 2. The van der Waals surface area contributed by atoms with Crippen LogP contribution in [0.3, 0.4) is 0 Å². The van der Waals surface area contributed by atoms with Crippen molar-refractivity contribution < 1.29 is 9.59 Å². The third-order valence-corrected chi connectivity index (χ3v) is 6.99. The molecule has 2 aliphatic heterocycles. The SMILES string of the molecule is CCC(C)N1CCC2(CC1)C(=O)N(Cc1cccc3ccccc13)C(=O)N2CC. The summed E-state index contributed by atoms with van der Waals surface area (Å²) >= 11 is 0. The molecular formula is C24H31N3O2. The summed E-state index contributed by atoms with van der Waals surface area (Å²) in [5.41, 5.74) is 0.357. The van der Waals surface area contributed by atoms with Gasteiger partial charge in [-0.1, -0.05) is 49.4 Å². The van der Waals surface area contributed by atoms with Crippen molar-refractivity contribution in [2.45, 2.75) is 58.2 Å². The van der Waals surface area contributed by atoms with Gasteiger partial charge in [-0.15, -0.1) is 0 Å². The van der Waals surface area contributed by atoms with E-state index in [-0.39, 0.29) is 11.9 Å². The summed E-state index contributed by atoms with van der Waals surface area (Å²) in [6.07, 6.45) is 2.55. The van der Waals surface area contributed by atoms with Gasteiger partial charge in [0.25, 0.3) is 5.91 Å². The minimum absolute atomic E-state index is 0.0129. The Labute approximate surface area is 173 Å². The van der Waals surface area contributed by atoms with Crippen molar-refractivity contribution in [1.82, 2.24) is 14.7 Å². The zero-order valence-electron chi connectivity index (χ0n) is 17.7. The smallest absolute Gasteiger partial charge is 0.310 e. The van der Waals surface area contributed by atoms with E-state index in [9.17, 15) is 9.59 Å². The first-order valence-electron chi connectivity index (χ1n) is 10.9. The van der Waals surface area contributed by atoms with Crippen LogP contribution in [0.2, 0.25) is 0 Å². The Hall–Kier alpha value is -2.40. The summed E-state index contributed by atoms with van der Waals surface area (Å²) in [6.45, 7) is 9.06. The fourth-order valence-electron chi connectivity index (χ4n) is 5.04. The lowest BCUT2D eigenvalue weighted by Crippen LogP contribution is -2.57. The summed E-state index contributed by atoms with van der Waals surface area (Å²) in [5.74, 6) is -0.0129. The molecule has 0 N–H and O–H groups in total. The molecule has 2 aromatic carbocycles. The fraction of sp³-hybridized carbons (Fsp3) is 0.500. The van der Waals surface area contributed by atoms with E-state index < -0.39 is 5.54 Å². The maximum Gasteiger partial charge on any atom is 0.327 e. The number of likely N-dealkylation sites (N-methyl/N-ethyl adjacent to an activating group) is 1. The molecule has 5 heteroatoms. The molecule has 0 bridgehead atoms. The number of piperidine rings is 1. The maximum absolute atomic E-state index is 13.6. The number of fused-ring (bicyclic) bond motifs is 1. The van der Waals surface area contributed by atoms with E-state index in [4.69, 9.17) is 0 Å². The predicted octanol–water partition coefficient (Wildman–Crippen LogP) is 4.26. The van der Waals surface area contributed by atoms with Crippen LogP contribution in [0.25, 0.3) is 10.8 Å². The van der Waals surface area contributed by atoms with Gasteiger partial charge in [0.05, 0.1) is 6.54 Å². The number of carbonyl (C=O) groups is 2. The molecule has 154 valence electrons. The lowest BCUT2D eigenvalue weighted by atomic mass is 9.85. The van der Waals surface area contributed by atoms with Crippen molar-refractivity contribution in [3.63, 3.8) is 0 Å². The largest absolute Gasteiger partial charge is 0.327 e. The van der Waals surface area contributed by atoms with Crippen LogP contribution in [0.5, 0.6) is 0 Å². The summed E-state index contributed by atoms with van der Waals surface area (Å²) in [5, 5.41) is 2.24. The highest BCUT2D eigenvalue weighted by molar-refractivity contribution is 6.07. The van der Waals surface area contributed by atoms with Gasteiger partial charge in [0.1, 0.15) is 5.54 Å². The highest BCUT2D eigenvalue weighted by atomic mass is 16.2. The number of hydrogen-bond donors (Lipinski definition) is 0. The van der Waals surface area contributed by atoms with Crippen LogP contribution in [-0.2, 0) is 11.3 Å². The van der Waals surface area contributed by atoms with E-state index in [1.54, 1.807) is 0 Å². The highest BCUT2D eigenvalue weighted by Gasteiger charge is 2.57. The van der Waals surface area contributed by atoms with Crippen LogP contribution in [-0.4, -0.2) is 57.9 Å². The first-order valence-corrected chi connectivity index (χ1v) is 10.9. The molecule has 0 radical (unpaired) electrons. The molecule has 3 amide bonds. The number of likely N-dealkylation sites (tertiary alicyclic amines) is 1. The average Bonchev–Trinajstić information content (AvgIpc) is 2.94. The van der Waals surface area contributed by atoms with Crippen molar-refractivity contribution in [1.29, 1.82) is 0 Å². The molecule has 4 rings (SSSR count). The zero-order valence-corrected chi connectivity index (χ0v) is 17.7. The number of imide groups is 1. The van der Waals surface area contributed by atoms with Gasteiger partial charge in [0.15, 0.2) is 0 Å². The second-order valence-corrected chi connectivity index (χ2v) is 8.38. The Morgan fingerprint density at radius 3 is 2.38 bits per heavy atom. The Balaban J connectivity index is 1.61. The van der Waals surface area contributed by atoms with Crippen LogP contribution >= 0.6 is 0 Å². The first-order chi connectivity index (χ1) is 14.0. The van der Waals surface area contributed by atoms with Gasteiger partial charge in [0, 0.05) is 25.7 Å². The summed E-state index contributed by atoms with van der Waals surface area (Å²) < 4.78 is 0. The molecule has 0 saturated carbocycles. The van der Waals surface area contributed by atoms with Gasteiger partial charge < -0.3 is 9.80 Å². The minimum atomic E-state index is -0.666. The fourth-order valence-corrected chi connectivity index (χ4v) is 5.04. The van der Waals surface area contributed by atoms with E-state index in [1.165, 1.54) is 4.90 Å². The molecule has 29 heavy (non-hydrogen) atoms. The van der Waals surface area contributed by atoms with E-state index in [0.29, 0.717) is 19.1 Å². The van der Waals surface area contributed by atoms with Gasteiger partial charge in [-0.3, -0.25) is 9.69 Å². The van der Waals surface area contributed by atoms with Crippen molar-refractivity contribution in [2.24, 2.45) is 0 Å². The molecule has 5 nitrogen and oxygen atoms in total. The summed E-state index contributed by atoms with van der Waals surface area (Å²) in [7, 11) is 0. The van der Waals surface area contributed by atoms with Crippen LogP contribution in [0.1, 0.15) is 45.6 Å². The molecule has 2 fully saturated rings. The van der Waals surface area contributed by atoms with Crippen LogP contribution in [0, 0.1) is 0 Å². The molecular weight excluding hydrogens is 362 g/mol.